The Morgan fingerprint density at radius 3 is 2.52 bits per heavy atom. The minimum Gasteiger partial charge on any atom is -0.493 e. The van der Waals surface area contributed by atoms with Crippen molar-refractivity contribution in [3.8, 4) is 22.6 Å². The van der Waals surface area contributed by atoms with E-state index in [1.165, 1.54) is 0 Å². The van der Waals surface area contributed by atoms with Gasteiger partial charge in [-0.1, -0.05) is 6.07 Å². The highest BCUT2D eigenvalue weighted by molar-refractivity contribution is 9.10. The Morgan fingerprint density at radius 2 is 1.84 bits per heavy atom. The van der Waals surface area contributed by atoms with Crippen LogP contribution in [0.4, 0.5) is 0 Å². The molecular weight excluding hydrogens is 386 g/mol. The Labute approximate surface area is 153 Å². The molecule has 0 spiro atoms. The maximum absolute atomic E-state index is 11.9. The Morgan fingerprint density at radius 1 is 1.12 bits per heavy atom. The lowest BCUT2D eigenvalue weighted by Crippen LogP contribution is -2.01. The molecule has 1 aromatic carbocycles. The molecule has 5 nitrogen and oxygen atoms in total. The summed E-state index contributed by atoms with van der Waals surface area (Å²) in [6, 6.07) is 9.11. The van der Waals surface area contributed by atoms with Crippen molar-refractivity contribution in [3.63, 3.8) is 0 Å². The van der Waals surface area contributed by atoms with Crippen LogP contribution >= 0.6 is 15.9 Å². The zero-order valence-corrected chi connectivity index (χ0v) is 15.5. The van der Waals surface area contributed by atoms with Gasteiger partial charge in [0.25, 0.3) is 0 Å². The summed E-state index contributed by atoms with van der Waals surface area (Å²) in [5.41, 5.74) is 2.16. The van der Waals surface area contributed by atoms with Crippen LogP contribution in [-0.2, 0) is 0 Å². The Hall–Kier alpha value is -2.47. The van der Waals surface area contributed by atoms with E-state index >= 15 is 0 Å². The molecule has 0 bridgehead atoms. The van der Waals surface area contributed by atoms with Crippen LogP contribution in [0.15, 0.2) is 47.2 Å². The quantitative estimate of drug-likeness (QED) is 0.637. The summed E-state index contributed by atoms with van der Waals surface area (Å²) >= 11 is 3.48. The number of carboxylic acid groups (broad SMARTS) is 1. The Kier molecular flexibility index (Phi) is 4.99. The van der Waals surface area contributed by atoms with Gasteiger partial charge in [-0.15, -0.1) is 0 Å². The van der Waals surface area contributed by atoms with Crippen LogP contribution in [0, 0.1) is 0 Å². The maximum atomic E-state index is 11.9. The lowest BCUT2D eigenvalue weighted by Gasteiger charge is -2.14. The Bertz CT molecular complexity index is 933. The minimum absolute atomic E-state index is 0.242. The van der Waals surface area contributed by atoms with Crippen molar-refractivity contribution in [2.75, 3.05) is 13.2 Å². The van der Waals surface area contributed by atoms with E-state index in [1.54, 1.807) is 16.7 Å². The molecule has 0 radical (unpaired) electrons. The predicted molar refractivity (Wildman–Crippen MR) is 99.8 cm³/mol. The molecule has 0 saturated heterocycles. The second-order valence-electron chi connectivity index (χ2n) is 5.36. The molecule has 0 unspecified atom stereocenters. The number of carboxylic acids is 1. The lowest BCUT2D eigenvalue weighted by atomic mass is 10.0. The van der Waals surface area contributed by atoms with Crippen LogP contribution in [0.1, 0.15) is 24.2 Å². The maximum Gasteiger partial charge on any atom is 0.338 e. The molecule has 0 aliphatic carbocycles. The summed E-state index contributed by atoms with van der Waals surface area (Å²) in [6.45, 7) is 4.78. The Balaban J connectivity index is 2.31. The van der Waals surface area contributed by atoms with Crippen molar-refractivity contribution >= 4 is 27.4 Å². The van der Waals surface area contributed by atoms with Crippen molar-refractivity contribution in [2.45, 2.75) is 13.8 Å². The van der Waals surface area contributed by atoms with Crippen LogP contribution in [0.5, 0.6) is 11.5 Å². The highest BCUT2D eigenvalue weighted by Crippen LogP contribution is 2.41. The zero-order chi connectivity index (χ0) is 18.0. The molecule has 0 aliphatic heterocycles. The van der Waals surface area contributed by atoms with E-state index in [9.17, 15) is 9.90 Å². The number of hydrogen-bond acceptors (Lipinski definition) is 3. The molecule has 3 aromatic rings. The number of rotatable bonds is 6. The van der Waals surface area contributed by atoms with E-state index in [-0.39, 0.29) is 5.56 Å². The lowest BCUT2D eigenvalue weighted by molar-refractivity contribution is 0.0700. The zero-order valence-electron chi connectivity index (χ0n) is 14.0. The van der Waals surface area contributed by atoms with Gasteiger partial charge in [-0.05, 0) is 54.0 Å². The second kappa shape index (κ2) is 7.19. The third-order valence-corrected chi connectivity index (χ3v) is 4.44. The molecule has 0 aliphatic rings. The van der Waals surface area contributed by atoms with Gasteiger partial charge in [0.2, 0.25) is 0 Å². The third-order valence-electron chi connectivity index (χ3n) is 3.82. The minimum atomic E-state index is -0.980. The number of halogens is 1. The smallest absolute Gasteiger partial charge is 0.338 e. The van der Waals surface area contributed by atoms with Crippen LogP contribution in [-0.4, -0.2) is 28.7 Å². The molecule has 0 amide bonds. The summed E-state index contributed by atoms with van der Waals surface area (Å²) in [4.78, 5) is 11.9. The van der Waals surface area contributed by atoms with Gasteiger partial charge in [0, 0.05) is 23.5 Å². The van der Waals surface area contributed by atoms with Crippen LogP contribution < -0.4 is 9.47 Å². The van der Waals surface area contributed by atoms with Gasteiger partial charge in [0.15, 0.2) is 0 Å². The number of ether oxygens (including phenoxy) is 2. The fourth-order valence-corrected chi connectivity index (χ4v) is 3.27. The van der Waals surface area contributed by atoms with Gasteiger partial charge in [0.1, 0.15) is 11.5 Å². The van der Waals surface area contributed by atoms with Crippen LogP contribution in [0.3, 0.4) is 0 Å². The van der Waals surface area contributed by atoms with Gasteiger partial charge < -0.3 is 19.0 Å². The molecular formula is C19H18BrNO4. The summed E-state index contributed by atoms with van der Waals surface area (Å²) in [5, 5.41) is 9.77. The number of nitrogens with zero attached hydrogens (tertiary/aromatic N) is 1. The van der Waals surface area contributed by atoms with Gasteiger partial charge in [-0.25, -0.2) is 4.79 Å². The molecule has 1 N–H and O–H groups in total. The van der Waals surface area contributed by atoms with Crippen molar-refractivity contribution in [1.82, 2.24) is 4.40 Å². The second-order valence-corrected chi connectivity index (χ2v) is 6.22. The first kappa shape index (κ1) is 17.4. The topological polar surface area (TPSA) is 60.2 Å². The number of pyridine rings is 1. The molecule has 2 heterocycles. The first-order valence-electron chi connectivity index (χ1n) is 7.99. The molecule has 130 valence electrons. The van der Waals surface area contributed by atoms with E-state index in [2.05, 4.69) is 15.9 Å². The SMILES string of the molecule is CCOc1cc(-c2cn3ccccc3c2C(=O)O)c(OCC)cc1Br. The van der Waals surface area contributed by atoms with E-state index in [4.69, 9.17) is 9.47 Å². The molecule has 6 heteroatoms. The summed E-state index contributed by atoms with van der Waals surface area (Å²) in [5.74, 6) is 0.274. The van der Waals surface area contributed by atoms with Crippen molar-refractivity contribution < 1.29 is 19.4 Å². The van der Waals surface area contributed by atoms with Gasteiger partial charge in [0.05, 0.1) is 28.8 Å². The average Bonchev–Trinajstić information content (AvgIpc) is 2.97. The van der Waals surface area contributed by atoms with Gasteiger partial charge >= 0.3 is 5.97 Å². The van der Waals surface area contributed by atoms with Gasteiger partial charge in [-0.3, -0.25) is 0 Å². The first-order valence-corrected chi connectivity index (χ1v) is 8.78. The molecule has 0 atom stereocenters. The standard InChI is InChI=1S/C19H18BrNO4/c1-3-24-16-10-14(20)17(25-4-2)9-12(16)13-11-21-8-6-5-7-15(21)18(13)19(22)23/h5-11H,3-4H2,1-2H3,(H,22,23). The van der Waals surface area contributed by atoms with E-state index < -0.39 is 5.97 Å². The van der Waals surface area contributed by atoms with Crippen molar-refractivity contribution in [2.24, 2.45) is 0 Å². The van der Waals surface area contributed by atoms with Crippen molar-refractivity contribution in [1.29, 1.82) is 0 Å². The summed E-state index contributed by atoms with van der Waals surface area (Å²) in [7, 11) is 0. The highest BCUT2D eigenvalue weighted by Gasteiger charge is 2.22. The number of aromatic carboxylic acids is 1. The van der Waals surface area contributed by atoms with E-state index in [0.29, 0.717) is 41.4 Å². The van der Waals surface area contributed by atoms with Crippen LogP contribution in [0.25, 0.3) is 16.6 Å². The average molecular weight is 404 g/mol. The monoisotopic (exact) mass is 403 g/mol. The first-order chi connectivity index (χ1) is 12.1. The number of fused-ring (bicyclic) bond motifs is 1. The fourth-order valence-electron chi connectivity index (χ4n) is 2.84. The van der Waals surface area contributed by atoms with E-state index in [0.717, 1.165) is 4.47 Å². The molecule has 0 saturated carbocycles. The third kappa shape index (κ3) is 3.22. The normalized spacial score (nSPS) is 10.8. The summed E-state index contributed by atoms with van der Waals surface area (Å²) < 4.78 is 14.0. The highest BCUT2D eigenvalue weighted by atomic mass is 79.9. The number of hydrogen-bond donors (Lipinski definition) is 1. The number of benzene rings is 1. The van der Waals surface area contributed by atoms with Gasteiger partial charge in [-0.2, -0.15) is 0 Å². The predicted octanol–water partition coefficient (Wildman–Crippen LogP) is 4.86. The molecule has 3 rings (SSSR count). The van der Waals surface area contributed by atoms with Crippen LogP contribution in [0.2, 0.25) is 0 Å². The molecule has 25 heavy (non-hydrogen) atoms. The van der Waals surface area contributed by atoms with E-state index in [1.807, 2.05) is 44.3 Å². The van der Waals surface area contributed by atoms with Crippen molar-refractivity contribution in [3.05, 3.63) is 52.8 Å². The fraction of sp³-hybridized carbons (Fsp3) is 0.211. The number of aromatic nitrogens is 1. The largest absolute Gasteiger partial charge is 0.493 e. The molecule has 0 fully saturated rings. The molecule has 2 aromatic heterocycles. The summed E-state index contributed by atoms with van der Waals surface area (Å²) in [6.07, 6.45) is 3.63. The number of carbonyl (C=O) groups is 1.